The van der Waals surface area contributed by atoms with Crippen molar-refractivity contribution >= 4 is 0 Å². The normalized spacial score (nSPS) is 42.4. The van der Waals surface area contributed by atoms with E-state index < -0.39 is 24.6 Å². The molecule has 2 heterocycles. The topological polar surface area (TPSA) is 103 Å². The standard InChI is InChI=1S/C20H38O10/c1-22-10-14-17(25-4)18(26-5)16(24-3)12(29-14)8-11-13(9-21)30-20(28-7)19(27-6)15(11)23-2/h11-21H,8-10H2,1-7H3/t11-,12-,13-,14-,15+,16-,17-,18-,19-,20+/m1/s1. The molecule has 0 saturated carbocycles. The lowest BCUT2D eigenvalue weighted by atomic mass is 9.81. The van der Waals surface area contributed by atoms with E-state index in [9.17, 15) is 5.11 Å². The molecule has 0 radical (unpaired) electrons. The zero-order valence-electron chi connectivity index (χ0n) is 19.0. The van der Waals surface area contributed by atoms with Crippen molar-refractivity contribution in [1.29, 1.82) is 0 Å². The summed E-state index contributed by atoms with van der Waals surface area (Å²) in [5.74, 6) is -0.237. The molecule has 0 aromatic rings. The van der Waals surface area contributed by atoms with Crippen LogP contribution in [0.4, 0.5) is 0 Å². The summed E-state index contributed by atoms with van der Waals surface area (Å²) in [5, 5.41) is 10.0. The van der Waals surface area contributed by atoms with Crippen molar-refractivity contribution in [2.75, 3.05) is 63.0 Å². The first-order valence-electron chi connectivity index (χ1n) is 10.1. The lowest BCUT2D eigenvalue weighted by molar-refractivity contribution is -0.302. The number of hydrogen-bond acceptors (Lipinski definition) is 10. The Bertz CT molecular complexity index is 481. The van der Waals surface area contributed by atoms with Crippen LogP contribution < -0.4 is 0 Å². The number of rotatable bonds is 11. The molecule has 0 aliphatic carbocycles. The average Bonchev–Trinajstić information content (AvgIpc) is 2.77. The van der Waals surface area contributed by atoms with E-state index in [1.807, 2.05) is 0 Å². The predicted octanol–water partition coefficient (Wildman–Crippen LogP) is -0.155. The van der Waals surface area contributed by atoms with E-state index in [2.05, 4.69) is 0 Å². The maximum Gasteiger partial charge on any atom is 0.186 e. The second-order valence-electron chi connectivity index (χ2n) is 7.53. The van der Waals surface area contributed by atoms with Crippen LogP contribution in [0, 0.1) is 5.92 Å². The maximum atomic E-state index is 10.0. The highest BCUT2D eigenvalue weighted by Crippen LogP contribution is 2.37. The summed E-state index contributed by atoms with van der Waals surface area (Å²) in [5.41, 5.74) is 0. The monoisotopic (exact) mass is 438 g/mol. The summed E-state index contributed by atoms with van der Waals surface area (Å²) in [6.45, 7) is 0.150. The van der Waals surface area contributed by atoms with Crippen LogP contribution in [0.5, 0.6) is 0 Å². The Morgan fingerprint density at radius 2 is 1.17 bits per heavy atom. The first-order valence-corrected chi connectivity index (χ1v) is 10.1. The van der Waals surface area contributed by atoms with Crippen molar-refractivity contribution in [3.8, 4) is 0 Å². The van der Waals surface area contributed by atoms with Gasteiger partial charge in [-0.25, -0.2) is 0 Å². The summed E-state index contributed by atoms with van der Waals surface area (Å²) in [7, 11) is 11.2. The molecular formula is C20H38O10. The average molecular weight is 439 g/mol. The molecule has 0 spiro atoms. The highest BCUT2D eigenvalue weighted by molar-refractivity contribution is 4.99. The third kappa shape index (κ3) is 5.32. The summed E-state index contributed by atoms with van der Waals surface area (Å²) in [4.78, 5) is 0. The number of aliphatic hydroxyl groups is 1. The Balaban J connectivity index is 2.30. The van der Waals surface area contributed by atoms with Crippen LogP contribution in [-0.2, 0) is 42.6 Å². The van der Waals surface area contributed by atoms with E-state index in [0.29, 0.717) is 13.0 Å². The van der Waals surface area contributed by atoms with E-state index >= 15 is 0 Å². The highest BCUT2D eigenvalue weighted by atomic mass is 16.7. The quantitative estimate of drug-likeness (QED) is 0.468. The Labute approximate surface area is 178 Å². The fourth-order valence-electron chi connectivity index (χ4n) is 4.75. The molecule has 0 unspecified atom stereocenters. The van der Waals surface area contributed by atoms with Gasteiger partial charge >= 0.3 is 0 Å². The number of aliphatic hydroxyl groups excluding tert-OH is 1. The molecular weight excluding hydrogens is 400 g/mol. The molecule has 2 fully saturated rings. The zero-order valence-corrected chi connectivity index (χ0v) is 19.0. The Morgan fingerprint density at radius 3 is 1.63 bits per heavy atom. The van der Waals surface area contributed by atoms with Crippen molar-refractivity contribution < 1.29 is 47.7 Å². The summed E-state index contributed by atoms with van der Waals surface area (Å²) in [6, 6.07) is 0. The van der Waals surface area contributed by atoms with Crippen molar-refractivity contribution in [2.24, 2.45) is 5.92 Å². The minimum absolute atomic E-state index is 0.193. The van der Waals surface area contributed by atoms with Crippen LogP contribution in [0.15, 0.2) is 0 Å². The van der Waals surface area contributed by atoms with Gasteiger partial charge in [-0.1, -0.05) is 0 Å². The molecule has 0 bridgehead atoms. The summed E-state index contributed by atoms with van der Waals surface area (Å²) in [6.07, 6.45) is -3.35. The Hall–Kier alpha value is -0.400. The van der Waals surface area contributed by atoms with Crippen LogP contribution in [0.3, 0.4) is 0 Å². The van der Waals surface area contributed by atoms with Crippen molar-refractivity contribution in [2.45, 2.75) is 61.5 Å². The number of methoxy groups -OCH3 is 7. The molecule has 10 heteroatoms. The molecule has 2 saturated heterocycles. The molecule has 2 aliphatic heterocycles. The molecule has 10 nitrogen and oxygen atoms in total. The van der Waals surface area contributed by atoms with Crippen molar-refractivity contribution in [3.63, 3.8) is 0 Å². The third-order valence-corrected chi connectivity index (χ3v) is 6.14. The Kier molecular flexibility index (Phi) is 10.9. The molecule has 1 N–H and O–H groups in total. The van der Waals surface area contributed by atoms with Gasteiger partial charge in [0.2, 0.25) is 0 Å². The lowest BCUT2D eigenvalue weighted by Gasteiger charge is -2.49. The van der Waals surface area contributed by atoms with Crippen LogP contribution >= 0.6 is 0 Å². The van der Waals surface area contributed by atoms with Gasteiger partial charge in [0, 0.05) is 55.7 Å². The molecule has 0 aromatic carbocycles. The summed E-state index contributed by atoms with van der Waals surface area (Å²) < 4.78 is 51.6. The molecule has 10 atom stereocenters. The molecule has 178 valence electrons. The van der Waals surface area contributed by atoms with Crippen LogP contribution in [0.25, 0.3) is 0 Å². The van der Waals surface area contributed by atoms with Gasteiger partial charge in [-0.3, -0.25) is 0 Å². The van der Waals surface area contributed by atoms with E-state index in [0.717, 1.165) is 0 Å². The number of hydrogen-bond donors (Lipinski definition) is 1. The van der Waals surface area contributed by atoms with Gasteiger partial charge < -0.3 is 47.7 Å². The largest absolute Gasteiger partial charge is 0.394 e. The van der Waals surface area contributed by atoms with Crippen molar-refractivity contribution in [1.82, 2.24) is 0 Å². The van der Waals surface area contributed by atoms with Crippen molar-refractivity contribution in [3.05, 3.63) is 0 Å². The second-order valence-corrected chi connectivity index (χ2v) is 7.53. The first kappa shape index (κ1) is 25.9. The predicted molar refractivity (Wildman–Crippen MR) is 105 cm³/mol. The minimum Gasteiger partial charge on any atom is -0.394 e. The fourth-order valence-corrected chi connectivity index (χ4v) is 4.75. The van der Waals surface area contributed by atoms with Gasteiger partial charge in [-0.05, 0) is 6.42 Å². The number of ether oxygens (including phenoxy) is 9. The van der Waals surface area contributed by atoms with E-state index in [4.69, 9.17) is 42.6 Å². The highest BCUT2D eigenvalue weighted by Gasteiger charge is 2.52. The lowest BCUT2D eigenvalue weighted by Crippen LogP contribution is -2.63. The summed E-state index contributed by atoms with van der Waals surface area (Å²) >= 11 is 0. The molecule has 2 rings (SSSR count). The second kappa shape index (κ2) is 12.6. The van der Waals surface area contributed by atoms with Gasteiger partial charge in [-0.15, -0.1) is 0 Å². The molecule has 0 aromatic heterocycles. The molecule has 0 amide bonds. The van der Waals surface area contributed by atoms with Crippen LogP contribution in [-0.4, -0.2) is 123 Å². The van der Waals surface area contributed by atoms with E-state index in [-0.39, 0.29) is 43.0 Å². The van der Waals surface area contributed by atoms with Gasteiger partial charge in [-0.2, -0.15) is 0 Å². The maximum absolute atomic E-state index is 10.0. The van der Waals surface area contributed by atoms with Gasteiger partial charge in [0.25, 0.3) is 0 Å². The zero-order chi connectivity index (χ0) is 22.3. The Morgan fingerprint density at radius 1 is 0.600 bits per heavy atom. The van der Waals surface area contributed by atoms with Crippen LogP contribution in [0.1, 0.15) is 6.42 Å². The molecule has 2 aliphatic rings. The fraction of sp³-hybridized carbons (Fsp3) is 1.00. The van der Waals surface area contributed by atoms with Crippen LogP contribution in [0.2, 0.25) is 0 Å². The van der Waals surface area contributed by atoms with Gasteiger partial charge in [0.05, 0.1) is 31.5 Å². The first-order chi connectivity index (χ1) is 14.5. The van der Waals surface area contributed by atoms with E-state index in [1.54, 1.807) is 42.7 Å². The smallest absolute Gasteiger partial charge is 0.186 e. The van der Waals surface area contributed by atoms with Gasteiger partial charge in [0.1, 0.15) is 30.5 Å². The van der Waals surface area contributed by atoms with Gasteiger partial charge in [0.15, 0.2) is 6.29 Å². The third-order valence-electron chi connectivity index (χ3n) is 6.14. The molecule has 30 heavy (non-hydrogen) atoms. The SMILES string of the molecule is COC[C@H]1O[C@H](C[C@H]2[C@H](OC)[C@@H](OC)[C@@H](OC)O[C@@H]2CO)[C@@H](OC)[C@@H](OC)[C@@H]1OC. The van der Waals surface area contributed by atoms with E-state index in [1.165, 1.54) is 7.11 Å². The minimum atomic E-state index is -0.648.